The number of esters is 1. The van der Waals surface area contributed by atoms with Crippen LogP contribution in [0.4, 0.5) is 10.1 Å². The van der Waals surface area contributed by atoms with Crippen LogP contribution in [0.1, 0.15) is 0 Å². The molecule has 1 rings (SSSR count). The number of benzene rings is 1. The highest BCUT2D eigenvalue weighted by Gasteiger charge is 2.33. The first-order valence-electron chi connectivity index (χ1n) is 4.68. The zero-order valence-corrected chi connectivity index (χ0v) is 9.44. The van der Waals surface area contributed by atoms with Gasteiger partial charge in [0.15, 0.2) is 0 Å². The SMILES string of the molecule is COC(=O)C(Oc1ccc([N+](=O)[O-])c(F)c1)[N+](=O)[O-]. The van der Waals surface area contributed by atoms with E-state index in [9.17, 15) is 29.4 Å². The molecule has 9 nitrogen and oxygen atoms in total. The Morgan fingerprint density at radius 1 is 1.37 bits per heavy atom. The molecular formula is C9H7FN2O7. The number of nitrogens with zero attached hydrogens (tertiary/aromatic N) is 2. The van der Waals surface area contributed by atoms with E-state index in [1.165, 1.54) is 0 Å². The first kappa shape index (κ1) is 14.3. The van der Waals surface area contributed by atoms with Gasteiger partial charge in [-0.15, -0.1) is 0 Å². The zero-order valence-electron chi connectivity index (χ0n) is 9.44. The predicted octanol–water partition coefficient (Wildman–Crippen LogP) is 0.888. The Morgan fingerprint density at radius 2 is 2.00 bits per heavy atom. The van der Waals surface area contributed by atoms with Gasteiger partial charge < -0.3 is 9.47 Å². The van der Waals surface area contributed by atoms with Crippen LogP contribution < -0.4 is 4.74 Å². The molecule has 0 aromatic heterocycles. The average Bonchev–Trinajstić information content (AvgIpc) is 2.34. The van der Waals surface area contributed by atoms with Crippen LogP contribution in [-0.4, -0.2) is 29.2 Å². The van der Waals surface area contributed by atoms with E-state index in [1.807, 2.05) is 0 Å². The molecule has 102 valence electrons. The van der Waals surface area contributed by atoms with Crippen LogP contribution in [0, 0.1) is 26.0 Å². The van der Waals surface area contributed by atoms with Crippen molar-refractivity contribution in [3.8, 4) is 5.75 Å². The lowest BCUT2D eigenvalue weighted by atomic mass is 10.3. The molecule has 10 heteroatoms. The third-order valence-electron chi connectivity index (χ3n) is 1.96. The van der Waals surface area contributed by atoms with Gasteiger partial charge in [0, 0.05) is 12.1 Å². The minimum Gasteiger partial charge on any atom is -0.461 e. The third kappa shape index (κ3) is 3.34. The molecule has 0 fully saturated rings. The van der Waals surface area contributed by atoms with Crippen molar-refractivity contribution in [3.05, 3.63) is 44.2 Å². The second-order valence-electron chi connectivity index (χ2n) is 3.15. The van der Waals surface area contributed by atoms with Gasteiger partial charge in [-0.1, -0.05) is 0 Å². The van der Waals surface area contributed by atoms with Crippen LogP contribution in [0.2, 0.25) is 0 Å². The van der Waals surface area contributed by atoms with E-state index in [1.54, 1.807) is 0 Å². The lowest BCUT2D eigenvalue weighted by molar-refractivity contribution is -0.548. The molecule has 0 saturated heterocycles. The molecule has 0 aliphatic rings. The minimum atomic E-state index is -2.18. The molecule has 0 spiro atoms. The van der Waals surface area contributed by atoms with Crippen LogP contribution in [0.25, 0.3) is 0 Å². The van der Waals surface area contributed by atoms with Gasteiger partial charge in [-0.2, -0.15) is 4.39 Å². The highest BCUT2D eigenvalue weighted by molar-refractivity contribution is 5.73. The fraction of sp³-hybridized carbons (Fsp3) is 0.222. The van der Waals surface area contributed by atoms with Gasteiger partial charge >= 0.3 is 17.9 Å². The Morgan fingerprint density at radius 3 is 2.42 bits per heavy atom. The standard InChI is InChI=1S/C9H7FN2O7/c1-18-9(13)8(12(16)17)19-5-2-3-7(11(14)15)6(10)4-5/h2-4,8H,1H3. The summed E-state index contributed by atoms with van der Waals surface area (Å²) in [5.74, 6) is -2.94. The molecule has 19 heavy (non-hydrogen) atoms. The number of nitro benzene ring substituents is 1. The molecular weight excluding hydrogens is 267 g/mol. The van der Waals surface area contributed by atoms with E-state index < -0.39 is 39.3 Å². The van der Waals surface area contributed by atoms with Crippen LogP contribution in [-0.2, 0) is 9.53 Å². The summed E-state index contributed by atoms with van der Waals surface area (Å²) in [7, 11) is 0.915. The number of rotatable bonds is 5. The first-order valence-corrected chi connectivity index (χ1v) is 4.68. The van der Waals surface area contributed by atoms with E-state index in [0.717, 1.165) is 19.2 Å². The summed E-state index contributed by atoms with van der Waals surface area (Å²) in [5.41, 5.74) is -0.817. The monoisotopic (exact) mass is 274 g/mol. The molecule has 0 saturated carbocycles. The molecule has 0 radical (unpaired) electrons. The maximum Gasteiger partial charge on any atom is 0.452 e. The lowest BCUT2D eigenvalue weighted by Gasteiger charge is -2.09. The average molecular weight is 274 g/mol. The number of hydrogen-bond acceptors (Lipinski definition) is 7. The van der Waals surface area contributed by atoms with E-state index >= 15 is 0 Å². The zero-order chi connectivity index (χ0) is 14.6. The number of nitro groups is 2. The van der Waals surface area contributed by atoms with Crippen molar-refractivity contribution in [3.63, 3.8) is 0 Å². The highest BCUT2D eigenvalue weighted by atomic mass is 19.1. The van der Waals surface area contributed by atoms with Crippen LogP contribution in [0.5, 0.6) is 5.75 Å². The number of methoxy groups -OCH3 is 1. The summed E-state index contributed by atoms with van der Waals surface area (Å²) < 4.78 is 22.0. The fourth-order valence-corrected chi connectivity index (χ4v) is 1.12. The van der Waals surface area contributed by atoms with Crippen LogP contribution >= 0.6 is 0 Å². The summed E-state index contributed by atoms with van der Waals surface area (Å²) in [6, 6.07) is 2.26. The normalized spacial score (nSPS) is 11.5. The molecule has 1 aromatic rings. The van der Waals surface area contributed by atoms with Crippen molar-refractivity contribution < 1.29 is 28.5 Å². The molecule has 0 bridgehead atoms. The van der Waals surface area contributed by atoms with Crippen molar-refractivity contribution in [1.82, 2.24) is 0 Å². The predicted molar refractivity (Wildman–Crippen MR) is 56.5 cm³/mol. The summed E-state index contributed by atoms with van der Waals surface area (Å²) in [5, 5.41) is 20.9. The Labute approximate surface area is 104 Å². The Hall–Kier alpha value is -2.78. The molecule has 0 heterocycles. The van der Waals surface area contributed by atoms with Crippen molar-refractivity contribution in [2.45, 2.75) is 6.23 Å². The number of carbonyl (C=O) groups is 1. The van der Waals surface area contributed by atoms with Crippen LogP contribution in [0.15, 0.2) is 18.2 Å². The topological polar surface area (TPSA) is 122 Å². The third-order valence-corrected chi connectivity index (χ3v) is 1.96. The molecule has 1 atom stereocenters. The first-order chi connectivity index (χ1) is 8.86. The Kier molecular flexibility index (Phi) is 4.29. The van der Waals surface area contributed by atoms with Gasteiger partial charge in [0.1, 0.15) is 5.75 Å². The molecule has 1 unspecified atom stereocenters. The largest absolute Gasteiger partial charge is 0.461 e. The minimum absolute atomic E-state index is 0.407. The maximum absolute atomic E-state index is 13.2. The molecule has 0 aliphatic carbocycles. The number of ether oxygens (including phenoxy) is 2. The van der Waals surface area contributed by atoms with Gasteiger partial charge in [0.05, 0.1) is 17.0 Å². The quantitative estimate of drug-likeness (QED) is 0.338. The van der Waals surface area contributed by atoms with Crippen molar-refractivity contribution in [2.75, 3.05) is 7.11 Å². The van der Waals surface area contributed by atoms with Crippen LogP contribution in [0.3, 0.4) is 0 Å². The maximum atomic E-state index is 13.2. The smallest absolute Gasteiger partial charge is 0.452 e. The molecule has 0 N–H and O–H groups in total. The Balaban J connectivity index is 2.98. The highest BCUT2D eigenvalue weighted by Crippen LogP contribution is 2.23. The van der Waals surface area contributed by atoms with Crippen molar-refractivity contribution in [2.24, 2.45) is 0 Å². The number of halogens is 1. The van der Waals surface area contributed by atoms with Gasteiger partial charge in [0.2, 0.25) is 5.82 Å². The molecule has 0 aliphatic heterocycles. The second-order valence-corrected chi connectivity index (χ2v) is 3.15. The van der Waals surface area contributed by atoms with E-state index in [0.29, 0.717) is 6.07 Å². The van der Waals surface area contributed by atoms with Crippen molar-refractivity contribution >= 4 is 11.7 Å². The van der Waals surface area contributed by atoms with Gasteiger partial charge in [-0.05, 0) is 6.07 Å². The summed E-state index contributed by atoms with van der Waals surface area (Å²) >= 11 is 0. The Bertz CT molecular complexity index is 533. The van der Waals surface area contributed by atoms with E-state index in [-0.39, 0.29) is 0 Å². The van der Waals surface area contributed by atoms with Gasteiger partial charge in [-0.25, -0.2) is 4.79 Å². The van der Waals surface area contributed by atoms with E-state index in [4.69, 9.17) is 0 Å². The molecule has 1 aromatic carbocycles. The summed E-state index contributed by atoms with van der Waals surface area (Å²) in [4.78, 5) is 29.9. The number of hydrogen-bond donors (Lipinski definition) is 0. The van der Waals surface area contributed by atoms with Gasteiger partial charge in [0.25, 0.3) is 0 Å². The summed E-state index contributed by atoms with van der Waals surface area (Å²) in [6.45, 7) is 0. The summed E-state index contributed by atoms with van der Waals surface area (Å²) in [6.07, 6.45) is -2.18. The van der Waals surface area contributed by atoms with Gasteiger partial charge in [-0.3, -0.25) is 20.2 Å². The lowest BCUT2D eigenvalue weighted by Crippen LogP contribution is -2.36. The van der Waals surface area contributed by atoms with E-state index in [2.05, 4.69) is 9.47 Å². The van der Waals surface area contributed by atoms with Crippen molar-refractivity contribution in [1.29, 1.82) is 0 Å². The molecule has 0 amide bonds. The number of carbonyl (C=O) groups excluding carboxylic acids is 1. The second kappa shape index (κ2) is 5.71. The fourth-order valence-electron chi connectivity index (χ4n) is 1.12.